The van der Waals surface area contributed by atoms with Gasteiger partial charge in [-0.3, -0.25) is 0 Å². The van der Waals surface area contributed by atoms with E-state index < -0.39 is 20.7 Å². The van der Waals surface area contributed by atoms with Crippen molar-refractivity contribution in [3.05, 3.63) is 35.4 Å². The van der Waals surface area contributed by atoms with Crippen molar-refractivity contribution in [1.82, 2.24) is 9.97 Å². The van der Waals surface area contributed by atoms with Crippen LogP contribution in [0.15, 0.2) is 23.2 Å². The van der Waals surface area contributed by atoms with Gasteiger partial charge in [0.15, 0.2) is 0 Å². The second-order valence-electron chi connectivity index (χ2n) is 4.97. The summed E-state index contributed by atoms with van der Waals surface area (Å²) in [7, 11) is -4.17. The molecule has 0 saturated heterocycles. The Morgan fingerprint density at radius 1 is 1.32 bits per heavy atom. The molecular formula is C14H17FN4O2S. The van der Waals surface area contributed by atoms with Gasteiger partial charge >= 0.3 is 0 Å². The second-order valence-corrected chi connectivity index (χ2v) is 6.50. The lowest BCUT2D eigenvalue weighted by Gasteiger charge is -2.12. The Kier molecular flexibility index (Phi) is 4.43. The number of halogens is 1. The highest BCUT2D eigenvalue weighted by atomic mass is 32.2. The average molecular weight is 324 g/mol. The first-order chi connectivity index (χ1) is 10.2. The van der Waals surface area contributed by atoms with E-state index >= 15 is 0 Å². The average Bonchev–Trinajstić information content (AvgIpc) is 2.40. The smallest absolute Gasteiger partial charge is 0.240 e. The zero-order valence-corrected chi connectivity index (χ0v) is 13.1. The first-order valence-electron chi connectivity index (χ1n) is 6.68. The maximum atomic E-state index is 14.3. The van der Waals surface area contributed by atoms with Crippen molar-refractivity contribution in [3.8, 4) is 11.1 Å². The highest BCUT2D eigenvalue weighted by Gasteiger charge is 2.20. The van der Waals surface area contributed by atoms with E-state index in [1.54, 1.807) is 13.0 Å². The van der Waals surface area contributed by atoms with E-state index in [-0.39, 0.29) is 5.95 Å². The minimum absolute atomic E-state index is 0.115. The highest BCUT2D eigenvalue weighted by molar-refractivity contribution is 7.89. The topological polar surface area (TPSA) is 112 Å². The van der Waals surface area contributed by atoms with E-state index in [1.807, 2.05) is 6.92 Å². The van der Waals surface area contributed by atoms with E-state index in [1.165, 1.54) is 12.3 Å². The molecule has 1 aromatic carbocycles. The van der Waals surface area contributed by atoms with Crippen LogP contribution in [-0.2, 0) is 16.4 Å². The maximum Gasteiger partial charge on any atom is 0.240 e. The van der Waals surface area contributed by atoms with Gasteiger partial charge in [-0.1, -0.05) is 13.3 Å². The summed E-state index contributed by atoms with van der Waals surface area (Å²) in [5.74, 6) is -0.689. The molecule has 0 bridgehead atoms. The fourth-order valence-corrected chi connectivity index (χ4v) is 2.91. The molecule has 0 unspecified atom stereocenters. The fraction of sp³-hybridized carbons (Fsp3) is 0.286. The lowest BCUT2D eigenvalue weighted by atomic mass is 10.0. The van der Waals surface area contributed by atoms with E-state index in [2.05, 4.69) is 9.97 Å². The van der Waals surface area contributed by atoms with Crippen molar-refractivity contribution in [2.24, 2.45) is 5.14 Å². The molecule has 2 aromatic rings. The number of rotatable bonds is 4. The number of hydrogen-bond donors (Lipinski definition) is 2. The normalized spacial score (nSPS) is 11.6. The summed E-state index contributed by atoms with van der Waals surface area (Å²) >= 11 is 0. The molecule has 1 heterocycles. The van der Waals surface area contributed by atoms with Crippen molar-refractivity contribution in [2.45, 2.75) is 31.6 Å². The van der Waals surface area contributed by atoms with Crippen molar-refractivity contribution in [2.75, 3.05) is 5.73 Å². The Morgan fingerprint density at radius 3 is 2.55 bits per heavy atom. The van der Waals surface area contributed by atoms with Gasteiger partial charge < -0.3 is 5.73 Å². The summed E-state index contributed by atoms with van der Waals surface area (Å²) in [4.78, 5) is 7.41. The largest absolute Gasteiger partial charge is 0.368 e. The third-order valence-corrected chi connectivity index (χ3v) is 4.16. The predicted molar refractivity (Wildman–Crippen MR) is 81.9 cm³/mol. The summed E-state index contributed by atoms with van der Waals surface area (Å²) in [5.41, 5.74) is 7.44. The number of hydrogen-bond acceptors (Lipinski definition) is 5. The number of aryl methyl sites for hydroxylation is 2. The maximum absolute atomic E-state index is 14.3. The van der Waals surface area contributed by atoms with E-state index in [0.29, 0.717) is 35.2 Å². The number of primary sulfonamides is 1. The molecule has 0 spiro atoms. The van der Waals surface area contributed by atoms with Gasteiger partial charge in [0, 0.05) is 11.8 Å². The molecule has 2 rings (SSSR count). The summed E-state index contributed by atoms with van der Waals surface area (Å²) in [6, 6.07) is 2.79. The lowest BCUT2D eigenvalue weighted by molar-refractivity contribution is 0.557. The molecule has 0 aliphatic carbocycles. The molecule has 0 aliphatic heterocycles. The number of nitrogens with two attached hydrogens (primary N) is 2. The van der Waals surface area contributed by atoms with E-state index in [9.17, 15) is 12.8 Å². The number of aromatic nitrogens is 2. The monoisotopic (exact) mass is 324 g/mol. The molecule has 1 aromatic heterocycles. The van der Waals surface area contributed by atoms with Gasteiger partial charge in [0.2, 0.25) is 16.0 Å². The van der Waals surface area contributed by atoms with Gasteiger partial charge in [-0.15, -0.1) is 0 Å². The van der Waals surface area contributed by atoms with Gasteiger partial charge in [0.05, 0.1) is 5.69 Å². The van der Waals surface area contributed by atoms with Crippen LogP contribution in [0, 0.1) is 12.7 Å². The molecule has 0 atom stereocenters. The molecular weight excluding hydrogens is 307 g/mol. The van der Waals surface area contributed by atoms with Crippen LogP contribution in [0.2, 0.25) is 0 Å². The summed E-state index contributed by atoms with van der Waals surface area (Å²) in [6.07, 6.45) is 2.55. The van der Waals surface area contributed by atoms with Crippen LogP contribution in [0.3, 0.4) is 0 Å². The zero-order chi connectivity index (χ0) is 16.5. The predicted octanol–water partition coefficient (Wildman–Crippen LogP) is 1.77. The molecule has 0 aliphatic rings. The molecule has 0 amide bonds. The minimum atomic E-state index is -4.17. The fourth-order valence-electron chi connectivity index (χ4n) is 2.24. The Morgan fingerprint density at radius 2 is 2.00 bits per heavy atom. The summed E-state index contributed by atoms with van der Waals surface area (Å²) < 4.78 is 37.5. The molecule has 4 N–H and O–H groups in total. The van der Waals surface area contributed by atoms with Crippen LogP contribution in [-0.4, -0.2) is 18.4 Å². The Balaban J connectivity index is 2.73. The van der Waals surface area contributed by atoms with Gasteiger partial charge in [-0.25, -0.2) is 27.9 Å². The third-order valence-electron chi connectivity index (χ3n) is 3.25. The number of sulfonamides is 1. The van der Waals surface area contributed by atoms with Crippen molar-refractivity contribution in [1.29, 1.82) is 0 Å². The number of anilines is 1. The minimum Gasteiger partial charge on any atom is -0.368 e. The zero-order valence-electron chi connectivity index (χ0n) is 12.3. The lowest BCUT2D eigenvalue weighted by Crippen LogP contribution is -2.15. The van der Waals surface area contributed by atoms with Crippen LogP contribution in [0.4, 0.5) is 10.3 Å². The Hall–Kier alpha value is -2.06. The molecule has 0 fully saturated rings. The summed E-state index contributed by atoms with van der Waals surface area (Å²) in [6.45, 7) is 3.59. The van der Waals surface area contributed by atoms with Gasteiger partial charge in [-0.05, 0) is 36.6 Å². The molecule has 6 nitrogen and oxygen atoms in total. The van der Waals surface area contributed by atoms with Crippen molar-refractivity contribution in [3.63, 3.8) is 0 Å². The van der Waals surface area contributed by atoms with Gasteiger partial charge in [0.25, 0.3) is 0 Å². The molecule has 118 valence electrons. The first-order valence-corrected chi connectivity index (χ1v) is 8.23. The van der Waals surface area contributed by atoms with E-state index in [0.717, 1.165) is 0 Å². The Bertz CT molecular complexity index is 822. The highest BCUT2D eigenvalue weighted by Crippen LogP contribution is 2.29. The number of nitrogen functional groups attached to an aromatic ring is 1. The quantitative estimate of drug-likeness (QED) is 0.890. The number of benzene rings is 1. The van der Waals surface area contributed by atoms with Crippen molar-refractivity contribution < 1.29 is 12.8 Å². The van der Waals surface area contributed by atoms with Crippen LogP contribution in [0.25, 0.3) is 11.1 Å². The molecule has 22 heavy (non-hydrogen) atoms. The number of nitrogens with zero attached hydrogens (tertiary/aromatic N) is 2. The van der Waals surface area contributed by atoms with Crippen LogP contribution in [0.5, 0.6) is 0 Å². The van der Waals surface area contributed by atoms with Crippen LogP contribution < -0.4 is 10.9 Å². The first kappa shape index (κ1) is 16.3. The van der Waals surface area contributed by atoms with Crippen LogP contribution in [0.1, 0.15) is 24.6 Å². The van der Waals surface area contributed by atoms with Crippen LogP contribution >= 0.6 is 0 Å². The van der Waals surface area contributed by atoms with Gasteiger partial charge in [0.1, 0.15) is 10.7 Å². The second kappa shape index (κ2) is 5.98. The van der Waals surface area contributed by atoms with E-state index in [4.69, 9.17) is 10.9 Å². The molecule has 0 saturated carbocycles. The molecule has 0 radical (unpaired) electrons. The SMILES string of the molecule is CCCc1cc(-c2cnc(N)nc2C)cc(S(N)(=O)=O)c1F. The standard InChI is InChI=1S/C14H17FN4O2S/c1-3-4-9-5-10(6-12(13(9)15)22(17,20)21)11-7-18-14(16)19-8(11)2/h5-7H,3-4H2,1-2H3,(H2,16,18,19)(H2,17,20,21). The van der Waals surface area contributed by atoms with Crippen molar-refractivity contribution >= 4 is 16.0 Å². The van der Waals surface area contributed by atoms with Gasteiger partial charge in [-0.2, -0.15) is 0 Å². The third kappa shape index (κ3) is 3.23. The molecule has 8 heteroatoms. The Labute approximate surface area is 128 Å². The summed E-state index contributed by atoms with van der Waals surface area (Å²) in [5, 5.41) is 5.11.